The molecule has 0 amide bonds. The van der Waals surface area contributed by atoms with E-state index < -0.39 is 5.41 Å². The molecule has 2 aliphatic heterocycles. The lowest BCUT2D eigenvalue weighted by atomic mass is 9.97. The summed E-state index contributed by atoms with van der Waals surface area (Å²) in [6.45, 7) is 12.3. The van der Waals surface area contributed by atoms with Crippen LogP contribution in [0.5, 0.6) is 11.8 Å². The summed E-state index contributed by atoms with van der Waals surface area (Å²) < 4.78 is 14.5. The maximum absolute atomic E-state index is 12.8. The monoisotopic (exact) mass is 623 g/mol. The van der Waals surface area contributed by atoms with Crippen molar-refractivity contribution in [1.82, 2.24) is 24.8 Å². The van der Waals surface area contributed by atoms with Crippen LogP contribution >= 0.6 is 0 Å². The topological polar surface area (TPSA) is 109 Å². The smallest absolute Gasteiger partial charge is 0.319 e. The molecule has 1 N–H and O–H groups in total. The van der Waals surface area contributed by atoms with Crippen LogP contribution in [0.3, 0.4) is 0 Å². The number of fused-ring (bicyclic) bond motifs is 2. The van der Waals surface area contributed by atoms with Crippen LogP contribution in [-0.4, -0.2) is 77.3 Å². The molecule has 10 nitrogen and oxygen atoms in total. The summed E-state index contributed by atoms with van der Waals surface area (Å²) >= 11 is 0. The lowest BCUT2D eigenvalue weighted by Gasteiger charge is -2.34. The fourth-order valence-electron chi connectivity index (χ4n) is 6.54. The van der Waals surface area contributed by atoms with E-state index in [-0.39, 0.29) is 12.0 Å². The molecule has 0 bridgehead atoms. The minimum Gasteiger partial charge on any atom is -0.462 e. The first-order valence-corrected chi connectivity index (χ1v) is 16.5. The van der Waals surface area contributed by atoms with Crippen molar-refractivity contribution in [2.24, 2.45) is 5.41 Å². The minimum atomic E-state index is -0.617. The van der Waals surface area contributed by atoms with Crippen molar-refractivity contribution >= 4 is 33.6 Å². The third-order valence-corrected chi connectivity index (χ3v) is 9.18. The lowest BCUT2D eigenvalue weighted by Crippen LogP contribution is -2.51. The molecule has 2 atom stereocenters. The molecule has 2 fully saturated rings. The van der Waals surface area contributed by atoms with Gasteiger partial charge in [-0.1, -0.05) is 24.3 Å². The fourth-order valence-corrected chi connectivity index (χ4v) is 6.54. The first kappa shape index (κ1) is 31.8. The van der Waals surface area contributed by atoms with Crippen molar-refractivity contribution in [1.29, 1.82) is 5.26 Å². The quantitative estimate of drug-likeness (QED) is 0.196. The van der Waals surface area contributed by atoms with Gasteiger partial charge in [-0.05, 0) is 82.6 Å². The summed E-state index contributed by atoms with van der Waals surface area (Å²) in [6.07, 6.45) is 5.46. The predicted molar refractivity (Wildman–Crippen MR) is 180 cm³/mol. The number of nitrogens with zero attached hydrogens (tertiary/aromatic N) is 6. The molecular weight excluding hydrogens is 578 g/mol. The SMILES string of the molecule is CCn1cc(Cc2cc(OC(=O)C(C)(C)C)cc3ccccc23)c2nc(OCC3CCCN3C)nc(N3CCNC(CC#N)C3)c21. The van der Waals surface area contributed by atoms with E-state index in [4.69, 9.17) is 19.4 Å². The van der Waals surface area contributed by atoms with E-state index in [0.29, 0.717) is 43.8 Å². The normalized spacial score (nSPS) is 19.1. The molecule has 4 aromatic rings. The zero-order valence-corrected chi connectivity index (χ0v) is 27.7. The highest BCUT2D eigenvalue weighted by Gasteiger charge is 2.28. The van der Waals surface area contributed by atoms with Crippen LogP contribution in [0.25, 0.3) is 21.8 Å². The average Bonchev–Trinajstić information content (AvgIpc) is 3.61. The highest BCUT2D eigenvalue weighted by atomic mass is 16.5. The third kappa shape index (κ3) is 6.67. The van der Waals surface area contributed by atoms with Crippen molar-refractivity contribution in [3.63, 3.8) is 0 Å². The number of hydrogen-bond acceptors (Lipinski definition) is 9. The van der Waals surface area contributed by atoms with E-state index in [1.54, 1.807) is 0 Å². The second-order valence-corrected chi connectivity index (χ2v) is 13.6. The number of hydrogen-bond donors (Lipinski definition) is 1. The molecule has 2 aromatic carbocycles. The minimum absolute atomic E-state index is 0.0645. The number of carbonyl (C=O) groups excluding carboxylic acids is 1. The third-order valence-electron chi connectivity index (χ3n) is 9.18. The lowest BCUT2D eigenvalue weighted by molar-refractivity contribution is -0.142. The Balaban J connectivity index is 1.44. The molecule has 0 aliphatic carbocycles. The van der Waals surface area contributed by atoms with Crippen molar-refractivity contribution in [2.75, 3.05) is 44.7 Å². The Kier molecular flexibility index (Phi) is 9.16. The van der Waals surface area contributed by atoms with Gasteiger partial charge < -0.3 is 29.2 Å². The number of nitriles is 1. The Morgan fingerprint density at radius 2 is 1.98 bits per heavy atom. The number of aromatic nitrogens is 3. The van der Waals surface area contributed by atoms with E-state index in [0.717, 1.165) is 77.8 Å². The Bertz CT molecular complexity index is 1770. The van der Waals surface area contributed by atoms with Gasteiger partial charge in [0.2, 0.25) is 0 Å². The molecule has 10 heteroatoms. The van der Waals surface area contributed by atoms with Crippen molar-refractivity contribution in [3.05, 3.63) is 53.7 Å². The van der Waals surface area contributed by atoms with E-state index in [9.17, 15) is 10.1 Å². The molecule has 242 valence electrons. The summed E-state index contributed by atoms with van der Waals surface area (Å²) in [4.78, 5) is 27.6. The van der Waals surface area contributed by atoms with E-state index in [1.165, 1.54) is 0 Å². The Labute approximate surface area is 271 Å². The van der Waals surface area contributed by atoms with Gasteiger partial charge in [0, 0.05) is 56.4 Å². The molecule has 2 unspecified atom stereocenters. The molecule has 6 rings (SSSR count). The number of likely N-dealkylation sites (N-methyl/N-ethyl adjacent to an activating group) is 1. The van der Waals surface area contributed by atoms with Crippen molar-refractivity contribution in [3.8, 4) is 17.8 Å². The highest BCUT2D eigenvalue weighted by Crippen LogP contribution is 2.35. The number of esters is 1. The largest absolute Gasteiger partial charge is 0.462 e. The van der Waals surface area contributed by atoms with Gasteiger partial charge >= 0.3 is 12.0 Å². The van der Waals surface area contributed by atoms with Crippen LogP contribution in [-0.2, 0) is 17.8 Å². The second-order valence-electron chi connectivity index (χ2n) is 13.6. The number of benzene rings is 2. The van der Waals surface area contributed by atoms with Gasteiger partial charge in [-0.15, -0.1) is 0 Å². The Morgan fingerprint density at radius 1 is 1.15 bits per heavy atom. The molecular formula is C36H45N7O3. The van der Waals surface area contributed by atoms with Gasteiger partial charge in [0.05, 0.1) is 17.9 Å². The number of nitrogens with one attached hydrogen (secondary N) is 1. The maximum atomic E-state index is 12.8. The number of ether oxygens (including phenoxy) is 2. The van der Waals surface area contributed by atoms with Crippen LogP contribution in [0.15, 0.2) is 42.6 Å². The number of piperazine rings is 1. The van der Waals surface area contributed by atoms with Gasteiger partial charge in [-0.25, -0.2) is 0 Å². The fraction of sp³-hybridized carbons (Fsp3) is 0.500. The van der Waals surface area contributed by atoms with Gasteiger partial charge in [0.1, 0.15) is 23.4 Å². The average molecular weight is 624 g/mol. The van der Waals surface area contributed by atoms with E-state index >= 15 is 0 Å². The summed E-state index contributed by atoms with van der Waals surface area (Å²) in [5.41, 5.74) is 3.32. The molecule has 46 heavy (non-hydrogen) atoms. The van der Waals surface area contributed by atoms with Crippen LogP contribution in [0, 0.1) is 16.7 Å². The zero-order chi connectivity index (χ0) is 32.4. The van der Waals surface area contributed by atoms with Crippen LogP contribution < -0.4 is 19.7 Å². The highest BCUT2D eigenvalue weighted by molar-refractivity contribution is 5.92. The number of likely N-dealkylation sites (tertiary alicyclic amines) is 1. The van der Waals surface area contributed by atoms with Gasteiger partial charge in [0.15, 0.2) is 5.82 Å². The molecule has 2 aromatic heterocycles. The Hall–Kier alpha value is -4.20. The molecule has 0 spiro atoms. The van der Waals surface area contributed by atoms with Gasteiger partial charge in [0.25, 0.3) is 0 Å². The second kappa shape index (κ2) is 13.3. The predicted octanol–water partition coefficient (Wildman–Crippen LogP) is 5.31. The standard InChI is InChI=1S/C36H45N7O3/c1-6-42-21-26(18-25-20-29(46-34(44)36(2,3)4)19-24-10-7-8-12-30(24)25)31-32(42)33(43-17-15-38-27(22-43)13-14-37)40-35(39-31)45-23-28-11-9-16-41(28)5/h7-8,10,12,19-21,27-28,38H,6,9,11,13,15-18,22-23H2,1-5H3. The molecule has 0 saturated carbocycles. The summed E-state index contributed by atoms with van der Waals surface area (Å²) in [6, 6.07) is 15.2. The number of carbonyl (C=O) groups is 1. The Morgan fingerprint density at radius 3 is 2.72 bits per heavy atom. The number of aryl methyl sites for hydroxylation is 1. The van der Waals surface area contributed by atoms with Crippen molar-refractivity contribution in [2.45, 2.75) is 72.0 Å². The summed E-state index contributed by atoms with van der Waals surface area (Å²) in [7, 11) is 2.14. The van der Waals surface area contributed by atoms with Gasteiger partial charge in [-0.2, -0.15) is 15.2 Å². The number of anilines is 1. The first-order valence-electron chi connectivity index (χ1n) is 16.5. The van der Waals surface area contributed by atoms with Crippen molar-refractivity contribution < 1.29 is 14.3 Å². The van der Waals surface area contributed by atoms with Crippen LogP contribution in [0.1, 0.15) is 58.1 Å². The first-order chi connectivity index (χ1) is 22.1. The van der Waals surface area contributed by atoms with Gasteiger partial charge in [-0.3, -0.25) is 4.79 Å². The molecule has 0 radical (unpaired) electrons. The zero-order valence-electron chi connectivity index (χ0n) is 27.7. The van der Waals surface area contributed by atoms with Crippen LogP contribution in [0.4, 0.5) is 5.82 Å². The summed E-state index contributed by atoms with van der Waals surface area (Å²) in [5, 5.41) is 15.0. The maximum Gasteiger partial charge on any atom is 0.319 e. The number of rotatable bonds is 9. The molecule has 4 heterocycles. The molecule has 2 aliphatic rings. The van der Waals surface area contributed by atoms with E-state index in [2.05, 4.69) is 58.1 Å². The van der Waals surface area contributed by atoms with Crippen LogP contribution in [0.2, 0.25) is 0 Å². The molecule has 2 saturated heterocycles. The van der Waals surface area contributed by atoms with E-state index in [1.807, 2.05) is 45.0 Å². The summed E-state index contributed by atoms with van der Waals surface area (Å²) in [5.74, 6) is 1.11.